The zero-order valence-corrected chi connectivity index (χ0v) is 9.76. The van der Waals surface area contributed by atoms with Gasteiger partial charge in [-0.2, -0.15) is 0 Å². The molecule has 0 aliphatic heterocycles. The minimum atomic E-state index is -0.300. The van der Waals surface area contributed by atoms with Gasteiger partial charge in [0.2, 0.25) is 0 Å². The standard InChI is InChI=1S/C13H11FN4/c1-8-5-6-11(15)13-17-16-12(18(8)13)9-3-2-4-10(14)7-9/h2-7H,15H2,1H3. The number of nitrogens with zero attached hydrogens (tertiary/aromatic N) is 3. The lowest BCUT2D eigenvalue weighted by molar-refractivity contribution is 0.628. The number of fused-ring (bicyclic) bond motifs is 1. The summed E-state index contributed by atoms with van der Waals surface area (Å²) >= 11 is 0. The molecule has 0 aliphatic carbocycles. The summed E-state index contributed by atoms with van der Waals surface area (Å²) < 4.78 is 15.1. The van der Waals surface area contributed by atoms with E-state index in [9.17, 15) is 4.39 Å². The van der Waals surface area contributed by atoms with Gasteiger partial charge >= 0.3 is 0 Å². The van der Waals surface area contributed by atoms with Gasteiger partial charge in [-0.15, -0.1) is 10.2 Å². The Bertz CT molecular complexity index is 733. The van der Waals surface area contributed by atoms with E-state index in [1.807, 2.05) is 17.4 Å². The maximum absolute atomic E-state index is 13.3. The number of aromatic nitrogens is 3. The van der Waals surface area contributed by atoms with Crippen molar-refractivity contribution in [2.75, 3.05) is 5.73 Å². The highest BCUT2D eigenvalue weighted by Gasteiger charge is 2.12. The summed E-state index contributed by atoms with van der Waals surface area (Å²) in [4.78, 5) is 0. The number of nitrogens with two attached hydrogens (primary N) is 1. The van der Waals surface area contributed by atoms with Crippen LogP contribution in [0.3, 0.4) is 0 Å². The molecule has 0 spiro atoms. The minimum Gasteiger partial charge on any atom is -0.396 e. The lowest BCUT2D eigenvalue weighted by Crippen LogP contribution is -1.98. The van der Waals surface area contributed by atoms with Crippen molar-refractivity contribution >= 4 is 11.3 Å². The van der Waals surface area contributed by atoms with Crippen molar-refractivity contribution in [1.29, 1.82) is 0 Å². The fourth-order valence-corrected chi connectivity index (χ4v) is 1.98. The van der Waals surface area contributed by atoms with E-state index in [0.717, 1.165) is 5.69 Å². The number of aryl methyl sites for hydroxylation is 1. The largest absolute Gasteiger partial charge is 0.396 e. The number of benzene rings is 1. The third kappa shape index (κ3) is 1.52. The molecule has 5 heteroatoms. The highest BCUT2D eigenvalue weighted by Crippen LogP contribution is 2.23. The molecule has 0 radical (unpaired) electrons. The van der Waals surface area contributed by atoms with Crippen molar-refractivity contribution in [1.82, 2.24) is 14.6 Å². The van der Waals surface area contributed by atoms with Crippen LogP contribution in [0.25, 0.3) is 17.0 Å². The third-order valence-electron chi connectivity index (χ3n) is 2.86. The second-order valence-electron chi connectivity index (χ2n) is 4.12. The van der Waals surface area contributed by atoms with Crippen molar-refractivity contribution in [3.8, 4) is 11.4 Å². The monoisotopic (exact) mass is 242 g/mol. The van der Waals surface area contributed by atoms with E-state index in [4.69, 9.17) is 5.73 Å². The summed E-state index contributed by atoms with van der Waals surface area (Å²) in [5.74, 6) is 0.292. The minimum absolute atomic E-state index is 0.300. The van der Waals surface area contributed by atoms with Gasteiger partial charge in [0.15, 0.2) is 11.5 Å². The van der Waals surface area contributed by atoms with Gasteiger partial charge in [-0.25, -0.2) is 4.39 Å². The van der Waals surface area contributed by atoms with E-state index in [1.54, 1.807) is 18.2 Å². The Hall–Kier alpha value is -2.43. The molecule has 0 amide bonds. The molecule has 4 nitrogen and oxygen atoms in total. The molecule has 0 atom stereocenters. The van der Waals surface area contributed by atoms with Crippen molar-refractivity contribution in [2.24, 2.45) is 0 Å². The van der Waals surface area contributed by atoms with Crippen LogP contribution in [0.15, 0.2) is 36.4 Å². The lowest BCUT2D eigenvalue weighted by Gasteiger charge is -2.05. The van der Waals surface area contributed by atoms with Gasteiger partial charge in [-0.3, -0.25) is 4.40 Å². The first-order chi connectivity index (χ1) is 8.66. The van der Waals surface area contributed by atoms with Crippen LogP contribution < -0.4 is 5.73 Å². The van der Waals surface area contributed by atoms with Crippen LogP contribution in [0.1, 0.15) is 5.69 Å². The van der Waals surface area contributed by atoms with E-state index in [0.29, 0.717) is 22.7 Å². The molecule has 0 unspecified atom stereocenters. The Balaban J connectivity index is 2.34. The number of anilines is 1. The molecule has 1 aromatic carbocycles. The van der Waals surface area contributed by atoms with Gasteiger partial charge in [0.1, 0.15) is 5.82 Å². The molecule has 0 fully saturated rings. The second kappa shape index (κ2) is 3.80. The van der Waals surface area contributed by atoms with E-state index in [2.05, 4.69) is 10.2 Å². The van der Waals surface area contributed by atoms with Crippen molar-refractivity contribution in [3.05, 3.63) is 47.9 Å². The Morgan fingerprint density at radius 2 is 2.00 bits per heavy atom. The molecule has 0 saturated heterocycles. The smallest absolute Gasteiger partial charge is 0.184 e. The first-order valence-electron chi connectivity index (χ1n) is 5.53. The maximum atomic E-state index is 13.3. The zero-order valence-electron chi connectivity index (χ0n) is 9.76. The van der Waals surface area contributed by atoms with Gasteiger partial charge in [0, 0.05) is 11.3 Å². The third-order valence-corrected chi connectivity index (χ3v) is 2.86. The van der Waals surface area contributed by atoms with Crippen LogP contribution >= 0.6 is 0 Å². The molecular formula is C13H11FN4. The summed E-state index contributed by atoms with van der Waals surface area (Å²) in [7, 11) is 0. The summed E-state index contributed by atoms with van der Waals surface area (Å²) in [6, 6.07) is 9.94. The van der Waals surface area contributed by atoms with Crippen LogP contribution in [0, 0.1) is 12.7 Å². The summed E-state index contributed by atoms with van der Waals surface area (Å²) in [6.45, 7) is 1.93. The van der Waals surface area contributed by atoms with Crippen molar-refractivity contribution < 1.29 is 4.39 Å². The maximum Gasteiger partial charge on any atom is 0.184 e. The quantitative estimate of drug-likeness (QED) is 0.713. The summed E-state index contributed by atoms with van der Waals surface area (Å²) in [5, 5.41) is 8.15. The lowest BCUT2D eigenvalue weighted by atomic mass is 10.2. The number of hydrogen-bond acceptors (Lipinski definition) is 3. The van der Waals surface area contributed by atoms with Crippen LogP contribution in [0.5, 0.6) is 0 Å². The Kier molecular flexibility index (Phi) is 2.26. The number of halogens is 1. The second-order valence-corrected chi connectivity index (χ2v) is 4.12. The molecule has 0 saturated carbocycles. The molecule has 0 aliphatic rings. The van der Waals surface area contributed by atoms with Gasteiger partial charge < -0.3 is 5.73 Å². The van der Waals surface area contributed by atoms with Crippen LogP contribution in [0.4, 0.5) is 10.1 Å². The van der Waals surface area contributed by atoms with Gasteiger partial charge in [-0.1, -0.05) is 12.1 Å². The number of nitrogen functional groups attached to an aromatic ring is 1. The number of pyridine rings is 1. The average molecular weight is 242 g/mol. The SMILES string of the molecule is Cc1ccc(N)c2nnc(-c3cccc(F)c3)n12. The van der Waals surface area contributed by atoms with E-state index < -0.39 is 0 Å². The first kappa shape index (κ1) is 10.7. The normalized spacial score (nSPS) is 11.0. The predicted molar refractivity (Wildman–Crippen MR) is 67.5 cm³/mol. The molecular weight excluding hydrogens is 231 g/mol. The summed E-state index contributed by atoms with van der Waals surface area (Å²) in [6.07, 6.45) is 0. The van der Waals surface area contributed by atoms with Crippen LogP contribution in [-0.4, -0.2) is 14.6 Å². The van der Waals surface area contributed by atoms with Crippen LogP contribution in [0.2, 0.25) is 0 Å². The molecule has 2 aromatic heterocycles. The topological polar surface area (TPSA) is 56.2 Å². The molecule has 2 N–H and O–H groups in total. The molecule has 0 bridgehead atoms. The molecule has 3 aromatic rings. The molecule has 18 heavy (non-hydrogen) atoms. The van der Waals surface area contributed by atoms with Crippen molar-refractivity contribution in [2.45, 2.75) is 6.92 Å². The highest BCUT2D eigenvalue weighted by atomic mass is 19.1. The first-order valence-corrected chi connectivity index (χ1v) is 5.53. The molecule has 3 rings (SSSR count). The molecule has 90 valence electrons. The van der Waals surface area contributed by atoms with Crippen molar-refractivity contribution in [3.63, 3.8) is 0 Å². The zero-order chi connectivity index (χ0) is 12.7. The number of rotatable bonds is 1. The average Bonchev–Trinajstić information content (AvgIpc) is 2.80. The fourth-order valence-electron chi connectivity index (χ4n) is 1.98. The Labute approximate surface area is 103 Å². The van der Waals surface area contributed by atoms with Crippen LogP contribution in [-0.2, 0) is 0 Å². The fraction of sp³-hybridized carbons (Fsp3) is 0.0769. The van der Waals surface area contributed by atoms with Gasteiger partial charge in [0.25, 0.3) is 0 Å². The Morgan fingerprint density at radius 3 is 2.78 bits per heavy atom. The van der Waals surface area contributed by atoms with Gasteiger partial charge in [-0.05, 0) is 31.2 Å². The Morgan fingerprint density at radius 1 is 1.17 bits per heavy atom. The summed E-state index contributed by atoms with van der Waals surface area (Å²) in [5.41, 5.74) is 8.62. The highest BCUT2D eigenvalue weighted by molar-refractivity contribution is 5.69. The van der Waals surface area contributed by atoms with Gasteiger partial charge in [0.05, 0.1) is 5.69 Å². The number of hydrogen-bond donors (Lipinski definition) is 1. The van der Waals surface area contributed by atoms with E-state index >= 15 is 0 Å². The van der Waals surface area contributed by atoms with E-state index in [1.165, 1.54) is 12.1 Å². The predicted octanol–water partition coefficient (Wildman–Crippen LogP) is 2.43. The molecule has 2 heterocycles. The van der Waals surface area contributed by atoms with E-state index in [-0.39, 0.29) is 5.82 Å².